The molecule has 1 aromatic rings. The van der Waals surface area contributed by atoms with Crippen LogP contribution in [0.15, 0.2) is 12.1 Å². The summed E-state index contributed by atoms with van der Waals surface area (Å²) < 4.78 is 9.76. The molecule has 6 nitrogen and oxygen atoms in total. The minimum atomic E-state index is -1.27. The first-order chi connectivity index (χ1) is 8.74. The summed E-state index contributed by atoms with van der Waals surface area (Å²) >= 11 is 5.61. The molecule has 19 heavy (non-hydrogen) atoms. The lowest BCUT2D eigenvalue weighted by Gasteiger charge is -2.22. The summed E-state index contributed by atoms with van der Waals surface area (Å²) in [5, 5.41) is 7.47. The number of methoxy groups -OCH3 is 1. The number of halogens is 1. The molecule has 0 spiro atoms. The maximum atomic E-state index is 12.0. The van der Waals surface area contributed by atoms with Crippen LogP contribution in [0, 0.1) is 0 Å². The molecule has 0 aliphatic carbocycles. The first kappa shape index (κ1) is 15.4. The van der Waals surface area contributed by atoms with Gasteiger partial charge in [0.2, 0.25) is 0 Å². The number of hydrogen-bond donors (Lipinski definition) is 0. The van der Waals surface area contributed by atoms with E-state index >= 15 is 0 Å². The minimum Gasteiger partial charge on any atom is -0.468 e. The number of esters is 2. The summed E-state index contributed by atoms with van der Waals surface area (Å²) in [7, 11) is 1.18. The molecule has 1 atom stereocenters. The summed E-state index contributed by atoms with van der Waals surface area (Å²) in [5.41, 5.74) is -0.589. The molecule has 0 aliphatic rings. The van der Waals surface area contributed by atoms with Crippen molar-refractivity contribution in [2.24, 2.45) is 0 Å². The summed E-state index contributed by atoms with van der Waals surface area (Å²) in [6.45, 7) is 5.10. The summed E-state index contributed by atoms with van der Waals surface area (Å²) in [5.74, 6) is -2.77. The quantitative estimate of drug-likeness (QED) is 0.622. The Morgan fingerprint density at radius 3 is 2.26 bits per heavy atom. The molecule has 1 aromatic heterocycles. The van der Waals surface area contributed by atoms with Crippen molar-refractivity contribution < 1.29 is 19.1 Å². The largest absolute Gasteiger partial charge is 0.468 e. The van der Waals surface area contributed by atoms with E-state index in [0.717, 1.165) is 0 Å². The molecule has 0 radical (unpaired) electrons. The Bertz CT molecular complexity index is 468. The van der Waals surface area contributed by atoms with Crippen molar-refractivity contribution in [1.29, 1.82) is 0 Å². The molecule has 0 amide bonds. The van der Waals surface area contributed by atoms with E-state index < -0.39 is 23.5 Å². The number of nitrogens with zero attached hydrogens (tertiary/aromatic N) is 2. The second kappa shape index (κ2) is 5.97. The molecule has 1 unspecified atom stereocenters. The van der Waals surface area contributed by atoms with Crippen LogP contribution in [0.4, 0.5) is 0 Å². The lowest BCUT2D eigenvalue weighted by molar-refractivity contribution is -0.163. The minimum absolute atomic E-state index is 0.130. The zero-order valence-corrected chi connectivity index (χ0v) is 11.9. The molecule has 0 bridgehead atoms. The zero-order chi connectivity index (χ0) is 14.6. The Labute approximate surface area is 116 Å². The van der Waals surface area contributed by atoms with Gasteiger partial charge >= 0.3 is 11.9 Å². The normalized spacial score (nSPS) is 12.7. The monoisotopic (exact) mass is 286 g/mol. The van der Waals surface area contributed by atoms with Crippen molar-refractivity contribution in [3.63, 3.8) is 0 Å². The maximum absolute atomic E-state index is 12.0. The van der Waals surface area contributed by atoms with Gasteiger partial charge in [0.05, 0.1) is 12.8 Å². The third-order valence-corrected chi connectivity index (χ3v) is 2.23. The van der Waals surface area contributed by atoms with E-state index in [4.69, 9.17) is 16.3 Å². The van der Waals surface area contributed by atoms with Crippen LogP contribution in [0.3, 0.4) is 0 Å². The van der Waals surface area contributed by atoms with Crippen molar-refractivity contribution in [2.45, 2.75) is 32.3 Å². The molecular weight excluding hydrogens is 272 g/mol. The Hall–Kier alpha value is -1.69. The average Bonchev–Trinajstić information content (AvgIpc) is 2.29. The molecule has 1 heterocycles. The van der Waals surface area contributed by atoms with Crippen molar-refractivity contribution >= 4 is 23.5 Å². The van der Waals surface area contributed by atoms with Gasteiger partial charge in [-0.15, -0.1) is 5.10 Å². The highest BCUT2D eigenvalue weighted by Gasteiger charge is 2.35. The van der Waals surface area contributed by atoms with Crippen LogP contribution in [0.2, 0.25) is 5.15 Å². The SMILES string of the molecule is COC(=O)C(C(=O)OC(C)(C)C)c1ccc(Cl)nn1. The van der Waals surface area contributed by atoms with Crippen LogP contribution in [0.25, 0.3) is 0 Å². The highest BCUT2D eigenvalue weighted by atomic mass is 35.5. The summed E-state index contributed by atoms with van der Waals surface area (Å²) in [6, 6.07) is 2.87. The maximum Gasteiger partial charge on any atom is 0.327 e. The number of rotatable bonds is 3. The molecule has 0 saturated heterocycles. The first-order valence-corrected chi connectivity index (χ1v) is 5.92. The van der Waals surface area contributed by atoms with E-state index in [1.54, 1.807) is 20.8 Å². The summed E-state index contributed by atoms with van der Waals surface area (Å²) in [6.07, 6.45) is 0. The topological polar surface area (TPSA) is 78.4 Å². The van der Waals surface area contributed by atoms with Gasteiger partial charge in [-0.3, -0.25) is 9.59 Å². The average molecular weight is 287 g/mol. The number of hydrogen-bond acceptors (Lipinski definition) is 6. The number of carbonyl (C=O) groups excluding carboxylic acids is 2. The van der Waals surface area contributed by atoms with Crippen LogP contribution in [-0.4, -0.2) is 34.8 Å². The number of ether oxygens (including phenoxy) is 2. The first-order valence-electron chi connectivity index (χ1n) is 5.54. The Morgan fingerprint density at radius 2 is 1.84 bits per heavy atom. The van der Waals surface area contributed by atoms with Crippen LogP contribution >= 0.6 is 11.6 Å². The van der Waals surface area contributed by atoms with Crippen LogP contribution in [0.1, 0.15) is 32.4 Å². The predicted octanol–water partition coefficient (Wildman–Crippen LogP) is 1.73. The van der Waals surface area contributed by atoms with Crippen molar-refractivity contribution in [2.75, 3.05) is 7.11 Å². The van der Waals surface area contributed by atoms with Gasteiger partial charge in [-0.2, -0.15) is 5.10 Å². The van der Waals surface area contributed by atoms with E-state index in [2.05, 4.69) is 14.9 Å². The van der Waals surface area contributed by atoms with Crippen LogP contribution in [0.5, 0.6) is 0 Å². The number of carbonyl (C=O) groups is 2. The molecule has 1 rings (SSSR count). The van der Waals surface area contributed by atoms with E-state index in [-0.39, 0.29) is 10.8 Å². The van der Waals surface area contributed by atoms with Gasteiger partial charge < -0.3 is 9.47 Å². The predicted molar refractivity (Wildman–Crippen MR) is 67.6 cm³/mol. The van der Waals surface area contributed by atoms with Gasteiger partial charge in [0.15, 0.2) is 11.1 Å². The lowest BCUT2D eigenvalue weighted by Crippen LogP contribution is -2.32. The molecule has 7 heteroatoms. The lowest BCUT2D eigenvalue weighted by atomic mass is 10.1. The van der Waals surface area contributed by atoms with E-state index in [0.29, 0.717) is 0 Å². The summed E-state index contributed by atoms with van der Waals surface area (Å²) in [4.78, 5) is 23.7. The zero-order valence-electron chi connectivity index (χ0n) is 11.1. The Balaban J connectivity index is 3.05. The smallest absolute Gasteiger partial charge is 0.327 e. The van der Waals surface area contributed by atoms with Crippen molar-refractivity contribution in [3.05, 3.63) is 23.0 Å². The second-order valence-electron chi connectivity index (χ2n) is 4.77. The molecule has 0 N–H and O–H groups in total. The van der Waals surface area contributed by atoms with Crippen molar-refractivity contribution in [1.82, 2.24) is 10.2 Å². The molecule has 104 valence electrons. The van der Waals surface area contributed by atoms with E-state index in [1.807, 2.05) is 0 Å². The fourth-order valence-corrected chi connectivity index (χ4v) is 1.40. The van der Waals surface area contributed by atoms with Crippen LogP contribution < -0.4 is 0 Å². The fraction of sp³-hybridized carbons (Fsp3) is 0.500. The highest BCUT2D eigenvalue weighted by molar-refractivity contribution is 6.29. The van der Waals surface area contributed by atoms with Gasteiger partial charge in [-0.1, -0.05) is 11.6 Å². The second-order valence-corrected chi connectivity index (χ2v) is 5.16. The third-order valence-electron chi connectivity index (χ3n) is 2.03. The standard InChI is InChI=1S/C12H15ClN2O4/c1-12(2,3)19-11(17)9(10(16)18-4)7-5-6-8(13)15-14-7/h5-6,9H,1-4H3. The van der Waals surface area contributed by atoms with Gasteiger partial charge in [-0.05, 0) is 32.9 Å². The Morgan fingerprint density at radius 1 is 1.21 bits per heavy atom. The molecular formula is C12H15ClN2O4. The van der Waals surface area contributed by atoms with Crippen LogP contribution in [-0.2, 0) is 19.1 Å². The molecule has 0 saturated carbocycles. The van der Waals surface area contributed by atoms with E-state index in [9.17, 15) is 9.59 Å². The molecule has 0 aromatic carbocycles. The third kappa shape index (κ3) is 4.48. The fourth-order valence-electron chi connectivity index (χ4n) is 1.30. The van der Waals surface area contributed by atoms with Gasteiger partial charge in [0.25, 0.3) is 0 Å². The van der Waals surface area contributed by atoms with Crippen molar-refractivity contribution in [3.8, 4) is 0 Å². The number of aromatic nitrogens is 2. The molecule has 0 fully saturated rings. The van der Waals surface area contributed by atoms with Gasteiger partial charge in [0, 0.05) is 0 Å². The van der Waals surface area contributed by atoms with Gasteiger partial charge in [0.1, 0.15) is 5.60 Å². The Kier molecular flexibility index (Phi) is 4.83. The molecule has 0 aliphatic heterocycles. The highest BCUT2D eigenvalue weighted by Crippen LogP contribution is 2.21. The van der Waals surface area contributed by atoms with Gasteiger partial charge in [-0.25, -0.2) is 0 Å². The van der Waals surface area contributed by atoms with E-state index in [1.165, 1.54) is 19.2 Å².